The van der Waals surface area contributed by atoms with Gasteiger partial charge >= 0.3 is 5.97 Å². The number of aliphatic hydroxyl groups is 1. The lowest BCUT2D eigenvalue weighted by Gasteiger charge is -2.24. The summed E-state index contributed by atoms with van der Waals surface area (Å²) in [5.41, 5.74) is 5.33. The van der Waals surface area contributed by atoms with Crippen LogP contribution in [-0.4, -0.2) is 43.2 Å². The molecule has 0 amide bonds. The molecule has 2 N–H and O–H groups in total. The maximum absolute atomic E-state index is 12.2. The molecule has 2 saturated carbocycles. The van der Waals surface area contributed by atoms with Crippen LogP contribution < -0.4 is 24.3 Å². The number of rotatable bonds is 12. The van der Waals surface area contributed by atoms with Gasteiger partial charge in [-0.2, -0.15) is 0 Å². The Hall–Kier alpha value is -3.81. The normalized spacial score (nSPS) is 17.7. The monoisotopic (exact) mass is 583 g/mol. The van der Waals surface area contributed by atoms with E-state index in [2.05, 4.69) is 30.4 Å². The molecule has 1 heterocycles. The topological polar surface area (TPSA) is 86.2 Å². The molecular weight excluding hydrogens is 542 g/mol. The summed E-state index contributed by atoms with van der Waals surface area (Å²) in [7, 11) is 0. The zero-order valence-electron chi connectivity index (χ0n) is 24.8. The molecule has 0 radical (unpaired) electrons. The molecule has 0 bridgehead atoms. The predicted molar refractivity (Wildman–Crippen MR) is 166 cm³/mol. The zero-order chi connectivity index (χ0) is 29.6. The van der Waals surface area contributed by atoms with E-state index in [0.717, 1.165) is 58.6 Å². The maximum atomic E-state index is 12.2. The van der Waals surface area contributed by atoms with Crippen LogP contribution in [0.4, 0.5) is 0 Å². The molecule has 1 atom stereocenters. The van der Waals surface area contributed by atoms with Crippen LogP contribution in [0.25, 0.3) is 11.1 Å². The highest BCUT2D eigenvalue weighted by atomic mass is 16.7. The number of hydrogen-bond acceptors (Lipinski definition) is 7. The SMILES string of the molecule is CCC(=C(c1ccc(OCC(O)CNC2CCCCC2)cc1)c1ccc(OC(=O)C2CC2)cc1)c1ccc2c(c1)OCO2. The van der Waals surface area contributed by atoms with E-state index in [9.17, 15) is 9.90 Å². The minimum absolute atomic E-state index is 0.0443. The lowest BCUT2D eigenvalue weighted by Crippen LogP contribution is -2.38. The number of esters is 1. The summed E-state index contributed by atoms with van der Waals surface area (Å²) in [4.78, 5) is 12.2. The summed E-state index contributed by atoms with van der Waals surface area (Å²) in [5.74, 6) is 2.65. The standard InChI is InChI=1S/C36H41NO6/c1-2-32(27-14-19-33-34(20-27)42-23-41-33)35(25-12-17-31(18-13-25)43-36(39)26-8-9-26)24-10-15-30(16-11-24)40-22-29(38)21-37-28-6-4-3-5-7-28/h10-20,26,28-29,37-38H,2-9,21-23H2,1H3. The van der Waals surface area contributed by atoms with Gasteiger partial charge in [0.2, 0.25) is 6.79 Å². The van der Waals surface area contributed by atoms with Crippen LogP contribution in [0, 0.1) is 5.92 Å². The van der Waals surface area contributed by atoms with Crippen LogP contribution in [0.1, 0.15) is 75.0 Å². The van der Waals surface area contributed by atoms with Gasteiger partial charge in [-0.25, -0.2) is 0 Å². The molecule has 2 fully saturated rings. The molecule has 7 heteroatoms. The molecule has 3 aromatic carbocycles. The molecule has 3 aromatic rings. The average Bonchev–Trinajstić information content (AvgIpc) is 3.80. The Morgan fingerprint density at radius 1 is 0.860 bits per heavy atom. The van der Waals surface area contributed by atoms with Gasteiger partial charge in [0.1, 0.15) is 24.2 Å². The lowest BCUT2D eigenvalue weighted by atomic mass is 9.88. The van der Waals surface area contributed by atoms with E-state index in [1.165, 1.54) is 32.1 Å². The fourth-order valence-electron chi connectivity index (χ4n) is 5.91. The number of allylic oxidation sites excluding steroid dienone is 1. The number of carbonyl (C=O) groups excluding carboxylic acids is 1. The first kappa shape index (κ1) is 29.3. The summed E-state index contributed by atoms with van der Waals surface area (Å²) in [6.07, 6.45) is 8.25. The fourth-order valence-corrected chi connectivity index (χ4v) is 5.91. The van der Waals surface area contributed by atoms with Crippen LogP contribution in [0.3, 0.4) is 0 Å². The van der Waals surface area contributed by atoms with E-state index in [1.807, 2.05) is 48.5 Å². The Labute approximate surface area is 253 Å². The van der Waals surface area contributed by atoms with Crippen molar-refractivity contribution in [1.29, 1.82) is 0 Å². The molecule has 6 rings (SSSR count). The van der Waals surface area contributed by atoms with Crippen molar-refractivity contribution in [2.75, 3.05) is 19.9 Å². The quantitative estimate of drug-likeness (QED) is 0.138. The zero-order valence-corrected chi connectivity index (χ0v) is 24.8. The van der Waals surface area contributed by atoms with Gasteiger partial charge in [-0.05, 0) is 96.3 Å². The summed E-state index contributed by atoms with van der Waals surface area (Å²) in [6.45, 7) is 3.15. The van der Waals surface area contributed by atoms with Crippen molar-refractivity contribution in [1.82, 2.24) is 5.32 Å². The number of nitrogens with one attached hydrogen (secondary N) is 1. The number of fused-ring (bicyclic) bond motifs is 1. The van der Waals surface area contributed by atoms with E-state index < -0.39 is 6.10 Å². The Morgan fingerprint density at radius 3 is 2.19 bits per heavy atom. The van der Waals surface area contributed by atoms with Gasteiger partial charge in [-0.15, -0.1) is 0 Å². The highest BCUT2D eigenvalue weighted by Crippen LogP contribution is 2.40. The summed E-state index contributed by atoms with van der Waals surface area (Å²) in [6, 6.07) is 22.3. The smallest absolute Gasteiger partial charge is 0.314 e. The first-order valence-corrected chi connectivity index (χ1v) is 15.7. The fraction of sp³-hybridized carbons (Fsp3) is 0.417. The van der Waals surface area contributed by atoms with Crippen LogP contribution in [0.5, 0.6) is 23.0 Å². The van der Waals surface area contributed by atoms with Crippen molar-refractivity contribution < 1.29 is 28.8 Å². The summed E-state index contributed by atoms with van der Waals surface area (Å²) >= 11 is 0. The first-order chi connectivity index (χ1) is 21.1. The van der Waals surface area contributed by atoms with E-state index >= 15 is 0 Å². The molecular formula is C36H41NO6. The third kappa shape index (κ3) is 7.40. The summed E-state index contributed by atoms with van der Waals surface area (Å²) < 4.78 is 22.8. The highest BCUT2D eigenvalue weighted by Gasteiger charge is 2.31. The second-order valence-corrected chi connectivity index (χ2v) is 11.7. The largest absolute Gasteiger partial charge is 0.491 e. The molecule has 0 spiro atoms. The number of carbonyl (C=O) groups is 1. The Bertz CT molecular complexity index is 1420. The summed E-state index contributed by atoms with van der Waals surface area (Å²) in [5, 5.41) is 14.0. The van der Waals surface area contributed by atoms with Gasteiger partial charge in [-0.3, -0.25) is 4.79 Å². The van der Waals surface area contributed by atoms with Crippen molar-refractivity contribution in [2.45, 2.75) is 70.4 Å². The minimum Gasteiger partial charge on any atom is -0.491 e. The average molecular weight is 584 g/mol. The molecule has 0 aromatic heterocycles. The van der Waals surface area contributed by atoms with Crippen molar-refractivity contribution in [3.05, 3.63) is 83.4 Å². The molecule has 226 valence electrons. The Kier molecular flexibility index (Phi) is 9.30. The Balaban J connectivity index is 1.22. The van der Waals surface area contributed by atoms with Crippen LogP contribution in [0.2, 0.25) is 0 Å². The van der Waals surface area contributed by atoms with Crippen LogP contribution >= 0.6 is 0 Å². The third-order valence-corrected chi connectivity index (χ3v) is 8.48. The van der Waals surface area contributed by atoms with Crippen molar-refractivity contribution >= 4 is 17.1 Å². The van der Waals surface area contributed by atoms with E-state index in [-0.39, 0.29) is 25.3 Å². The molecule has 43 heavy (non-hydrogen) atoms. The van der Waals surface area contributed by atoms with Crippen molar-refractivity contribution in [2.24, 2.45) is 5.92 Å². The van der Waals surface area contributed by atoms with Crippen molar-refractivity contribution in [3.8, 4) is 23.0 Å². The maximum Gasteiger partial charge on any atom is 0.314 e. The van der Waals surface area contributed by atoms with Gasteiger partial charge in [-0.1, -0.05) is 56.5 Å². The molecule has 1 aliphatic heterocycles. The first-order valence-electron chi connectivity index (χ1n) is 15.7. The second kappa shape index (κ2) is 13.7. The number of ether oxygens (including phenoxy) is 4. The van der Waals surface area contributed by atoms with Crippen molar-refractivity contribution in [3.63, 3.8) is 0 Å². The molecule has 0 saturated heterocycles. The van der Waals surface area contributed by atoms with Gasteiger partial charge in [0, 0.05) is 12.6 Å². The number of aliphatic hydroxyl groups excluding tert-OH is 1. The van der Waals surface area contributed by atoms with Gasteiger partial charge in [0.05, 0.1) is 5.92 Å². The third-order valence-electron chi connectivity index (χ3n) is 8.48. The van der Waals surface area contributed by atoms with E-state index in [1.54, 1.807) is 0 Å². The van der Waals surface area contributed by atoms with Crippen LogP contribution in [-0.2, 0) is 4.79 Å². The minimum atomic E-state index is -0.567. The highest BCUT2D eigenvalue weighted by molar-refractivity contribution is 5.99. The van der Waals surface area contributed by atoms with Gasteiger partial charge in [0.25, 0.3) is 0 Å². The molecule has 2 aliphatic carbocycles. The van der Waals surface area contributed by atoms with E-state index in [0.29, 0.717) is 24.1 Å². The Morgan fingerprint density at radius 2 is 1.51 bits per heavy atom. The second-order valence-electron chi connectivity index (χ2n) is 11.7. The molecule has 3 aliphatic rings. The van der Waals surface area contributed by atoms with Gasteiger partial charge < -0.3 is 29.4 Å². The number of benzene rings is 3. The molecule has 1 unspecified atom stereocenters. The lowest BCUT2D eigenvalue weighted by molar-refractivity contribution is -0.135. The van der Waals surface area contributed by atoms with Crippen LogP contribution in [0.15, 0.2) is 66.7 Å². The van der Waals surface area contributed by atoms with Gasteiger partial charge in [0.15, 0.2) is 11.5 Å². The molecule has 7 nitrogen and oxygen atoms in total. The number of hydrogen-bond donors (Lipinski definition) is 2. The van der Waals surface area contributed by atoms with E-state index in [4.69, 9.17) is 18.9 Å². The predicted octanol–water partition coefficient (Wildman–Crippen LogP) is 6.76.